The summed E-state index contributed by atoms with van der Waals surface area (Å²) in [6, 6.07) is 7.05. The molecule has 0 saturated carbocycles. The van der Waals surface area contributed by atoms with Crippen LogP contribution in [-0.2, 0) is 4.79 Å². The van der Waals surface area contributed by atoms with Gasteiger partial charge in [-0.2, -0.15) is 0 Å². The first-order valence-electron chi connectivity index (χ1n) is 6.19. The van der Waals surface area contributed by atoms with E-state index in [1.54, 1.807) is 24.3 Å². The highest BCUT2D eigenvalue weighted by atomic mass is 16.3. The molecule has 1 fully saturated rings. The normalized spacial score (nSPS) is 20.6. The van der Waals surface area contributed by atoms with E-state index in [2.05, 4.69) is 5.32 Å². The van der Waals surface area contributed by atoms with Crippen molar-refractivity contribution >= 4 is 17.3 Å². The first-order valence-corrected chi connectivity index (χ1v) is 6.19. The predicted octanol–water partition coefficient (Wildman–Crippen LogP) is 0.664. The number of β-amino-alcohol motifs (C(OH)–C–C–N with tert-alkyl or cyclic N) is 1. The number of aliphatic hydroxyl groups is 1. The number of nitrogens with one attached hydrogen (secondary N) is 1. The molecule has 1 aliphatic heterocycles. The number of nitrogens with two attached hydrogens (primary N) is 1. The average molecular weight is 249 g/mol. The SMILES string of the molecule is Nc1ccc(NC(=O)CN2CCCC(O)C2)cc1. The van der Waals surface area contributed by atoms with Crippen LogP contribution in [0.5, 0.6) is 0 Å². The van der Waals surface area contributed by atoms with E-state index in [1.807, 2.05) is 4.90 Å². The fourth-order valence-electron chi connectivity index (χ4n) is 2.14. The predicted molar refractivity (Wildman–Crippen MR) is 71.2 cm³/mol. The Morgan fingerprint density at radius 3 is 2.83 bits per heavy atom. The summed E-state index contributed by atoms with van der Waals surface area (Å²) >= 11 is 0. The van der Waals surface area contributed by atoms with Crippen LogP contribution in [0.2, 0.25) is 0 Å². The van der Waals surface area contributed by atoms with Gasteiger partial charge in [0.2, 0.25) is 5.91 Å². The third-order valence-corrected chi connectivity index (χ3v) is 3.04. The summed E-state index contributed by atoms with van der Waals surface area (Å²) in [4.78, 5) is 13.8. The number of hydrogen-bond donors (Lipinski definition) is 3. The second-order valence-corrected chi connectivity index (χ2v) is 4.70. The van der Waals surface area contributed by atoms with Crippen LogP contribution in [0.15, 0.2) is 24.3 Å². The molecule has 1 amide bonds. The Morgan fingerprint density at radius 2 is 2.17 bits per heavy atom. The lowest BCUT2D eigenvalue weighted by Gasteiger charge is -2.29. The largest absolute Gasteiger partial charge is 0.399 e. The summed E-state index contributed by atoms with van der Waals surface area (Å²) in [6.45, 7) is 1.77. The third-order valence-electron chi connectivity index (χ3n) is 3.04. The number of anilines is 2. The van der Waals surface area contributed by atoms with Crippen LogP contribution in [0, 0.1) is 0 Å². The molecule has 1 unspecified atom stereocenters. The first-order chi connectivity index (χ1) is 8.63. The molecule has 4 N–H and O–H groups in total. The lowest BCUT2D eigenvalue weighted by Crippen LogP contribution is -2.42. The molecule has 0 spiro atoms. The van der Waals surface area contributed by atoms with Crippen molar-refractivity contribution in [1.29, 1.82) is 0 Å². The van der Waals surface area contributed by atoms with Crippen molar-refractivity contribution in [3.05, 3.63) is 24.3 Å². The quantitative estimate of drug-likeness (QED) is 0.688. The highest BCUT2D eigenvalue weighted by molar-refractivity contribution is 5.92. The number of aliphatic hydroxyl groups excluding tert-OH is 1. The van der Waals surface area contributed by atoms with Gasteiger partial charge in [0.1, 0.15) is 0 Å². The Labute approximate surface area is 107 Å². The minimum Gasteiger partial charge on any atom is -0.399 e. The molecular formula is C13H19N3O2. The first kappa shape index (κ1) is 12.9. The fourth-order valence-corrected chi connectivity index (χ4v) is 2.14. The van der Waals surface area contributed by atoms with Crippen LogP contribution in [0.1, 0.15) is 12.8 Å². The van der Waals surface area contributed by atoms with Gasteiger partial charge in [-0.25, -0.2) is 0 Å². The average Bonchev–Trinajstić information content (AvgIpc) is 2.32. The van der Waals surface area contributed by atoms with Gasteiger partial charge in [-0.05, 0) is 43.7 Å². The molecule has 2 rings (SSSR count). The fraction of sp³-hybridized carbons (Fsp3) is 0.462. The van der Waals surface area contributed by atoms with Gasteiger partial charge in [-0.3, -0.25) is 9.69 Å². The van der Waals surface area contributed by atoms with E-state index < -0.39 is 0 Å². The van der Waals surface area contributed by atoms with Crippen LogP contribution in [0.25, 0.3) is 0 Å². The molecule has 0 aliphatic carbocycles. The van der Waals surface area contributed by atoms with Crippen molar-refractivity contribution in [3.63, 3.8) is 0 Å². The zero-order valence-corrected chi connectivity index (χ0v) is 10.3. The van der Waals surface area contributed by atoms with Crippen LogP contribution in [-0.4, -0.2) is 41.7 Å². The number of amides is 1. The number of carbonyl (C=O) groups excluding carboxylic acids is 1. The molecule has 0 aromatic heterocycles. The number of nitrogens with zero attached hydrogens (tertiary/aromatic N) is 1. The molecule has 98 valence electrons. The van der Waals surface area contributed by atoms with Gasteiger partial charge in [-0.15, -0.1) is 0 Å². The van der Waals surface area contributed by atoms with Crippen molar-refractivity contribution in [2.45, 2.75) is 18.9 Å². The molecule has 0 bridgehead atoms. The van der Waals surface area contributed by atoms with Gasteiger partial charge in [0, 0.05) is 17.9 Å². The number of piperidine rings is 1. The maximum Gasteiger partial charge on any atom is 0.238 e. The third kappa shape index (κ3) is 3.72. The van der Waals surface area contributed by atoms with E-state index in [-0.39, 0.29) is 12.0 Å². The Morgan fingerprint density at radius 1 is 1.44 bits per heavy atom. The summed E-state index contributed by atoms with van der Waals surface area (Å²) in [5.41, 5.74) is 6.99. The molecule has 5 heteroatoms. The standard InChI is InChI=1S/C13H19N3O2/c14-10-3-5-11(6-4-10)15-13(18)9-16-7-1-2-12(17)8-16/h3-6,12,17H,1-2,7-9,14H2,(H,15,18). The molecule has 1 aromatic carbocycles. The second-order valence-electron chi connectivity index (χ2n) is 4.70. The molecule has 1 aliphatic rings. The van der Waals surface area contributed by atoms with Gasteiger partial charge >= 0.3 is 0 Å². The summed E-state index contributed by atoms with van der Waals surface area (Å²) in [7, 11) is 0. The van der Waals surface area contributed by atoms with E-state index in [9.17, 15) is 9.90 Å². The van der Waals surface area contributed by atoms with Gasteiger partial charge in [0.25, 0.3) is 0 Å². The lowest BCUT2D eigenvalue weighted by atomic mass is 10.1. The Kier molecular flexibility index (Phi) is 4.17. The molecule has 0 radical (unpaired) electrons. The Bertz CT molecular complexity index is 405. The van der Waals surface area contributed by atoms with Crippen molar-refractivity contribution in [3.8, 4) is 0 Å². The minimum absolute atomic E-state index is 0.0612. The van der Waals surface area contributed by atoms with Gasteiger partial charge in [0.15, 0.2) is 0 Å². The topological polar surface area (TPSA) is 78.6 Å². The molecule has 1 saturated heterocycles. The lowest BCUT2D eigenvalue weighted by molar-refractivity contribution is -0.118. The maximum absolute atomic E-state index is 11.8. The van der Waals surface area contributed by atoms with Crippen LogP contribution in [0.3, 0.4) is 0 Å². The monoisotopic (exact) mass is 249 g/mol. The number of likely N-dealkylation sites (tertiary alicyclic amines) is 1. The van der Waals surface area contributed by atoms with Crippen molar-refractivity contribution in [1.82, 2.24) is 4.90 Å². The second kappa shape index (κ2) is 5.84. The van der Waals surface area contributed by atoms with E-state index in [0.29, 0.717) is 18.8 Å². The van der Waals surface area contributed by atoms with E-state index in [4.69, 9.17) is 5.73 Å². The molecule has 18 heavy (non-hydrogen) atoms. The number of rotatable bonds is 3. The van der Waals surface area contributed by atoms with E-state index >= 15 is 0 Å². The van der Waals surface area contributed by atoms with Crippen LogP contribution in [0.4, 0.5) is 11.4 Å². The van der Waals surface area contributed by atoms with Crippen LogP contribution >= 0.6 is 0 Å². The van der Waals surface area contributed by atoms with Crippen LogP contribution < -0.4 is 11.1 Å². The number of hydrogen-bond acceptors (Lipinski definition) is 4. The maximum atomic E-state index is 11.8. The number of carbonyl (C=O) groups is 1. The summed E-state index contributed by atoms with van der Waals surface area (Å²) < 4.78 is 0. The molecule has 1 heterocycles. The van der Waals surface area contributed by atoms with Gasteiger partial charge < -0.3 is 16.2 Å². The number of benzene rings is 1. The van der Waals surface area contributed by atoms with E-state index in [0.717, 1.165) is 25.1 Å². The Balaban J connectivity index is 1.83. The highest BCUT2D eigenvalue weighted by Gasteiger charge is 2.19. The zero-order valence-electron chi connectivity index (χ0n) is 10.3. The number of nitrogen functional groups attached to an aromatic ring is 1. The summed E-state index contributed by atoms with van der Waals surface area (Å²) in [6.07, 6.45) is 1.47. The summed E-state index contributed by atoms with van der Waals surface area (Å²) in [5.74, 6) is -0.0612. The van der Waals surface area contributed by atoms with Gasteiger partial charge in [-0.1, -0.05) is 0 Å². The zero-order chi connectivity index (χ0) is 13.0. The summed E-state index contributed by atoms with van der Waals surface area (Å²) in [5, 5.41) is 12.3. The highest BCUT2D eigenvalue weighted by Crippen LogP contribution is 2.12. The smallest absolute Gasteiger partial charge is 0.238 e. The van der Waals surface area contributed by atoms with Crippen molar-refractivity contribution < 1.29 is 9.90 Å². The molecule has 1 atom stereocenters. The molecular weight excluding hydrogens is 230 g/mol. The minimum atomic E-state index is -0.303. The Hall–Kier alpha value is -1.59. The van der Waals surface area contributed by atoms with Crippen molar-refractivity contribution in [2.24, 2.45) is 0 Å². The van der Waals surface area contributed by atoms with Crippen molar-refractivity contribution in [2.75, 3.05) is 30.7 Å². The molecule has 5 nitrogen and oxygen atoms in total. The van der Waals surface area contributed by atoms with E-state index in [1.165, 1.54) is 0 Å². The molecule has 1 aromatic rings. The van der Waals surface area contributed by atoms with Gasteiger partial charge in [0.05, 0.1) is 12.6 Å².